The zero-order valence-electron chi connectivity index (χ0n) is 8.77. The van der Waals surface area contributed by atoms with E-state index in [-0.39, 0.29) is 29.1 Å². The largest absolute Gasteiger partial charge is 0.478 e. The zero-order chi connectivity index (χ0) is 12.1. The summed E-state index contributed by atoms with van der Waals surface area (Å²) >= 11 is 5.68. The predicted molar refractivity (Wildman–Crippen MR) is 60.9 cm³/mol. The summed E-state index contributed by atoms with van der Waals surface area (Å²) in [4.78, 5) is 14.8. The Kier molecular flexibility index (Phi) is 4.52. The molecule has 1 aromatic rings. The van der Waals surface area contributed by atoms with E-state index in [1.54, 1.807) is 0 Å². The molecule has 5 nitrogen and oxygen atoms in total. The average molecular weight is 245 g/mol. The summed E-state index contributed by atoms with van der Waals surface area (Å²) in [7, 11) is 0. The molecule has 1 atom stereocenters. The molecule has 0 saturated carbocycles. The summed E-state index contributed by atoms with van der Waals surface area (Å²) in [6, 6.07) is 2.81. The van der Waals surface area contributed by atoms with E-state index in [0.717, 1.165) is 0 Å². The molecule has 16 heavy (non-hydrogen) atoms. The molecule has 0 spiro atoms. The first-order valence-electron chi connectivity index (χ1n) is 4.79. The second-order valence-electron chi connectivity index (χ2n) is 3.50. The van der Waals surface area contributed by atoms with Crippen molar-refractivity contribution < 1.29 is 15.0 Å². The number of aliphatic hydroxyl groups is 1. The van der Waals surface area contributed by atoms with Gasteiger partial charge in [-0.2, -0.15) is 0 Å². The van der Waals surface area contributed by atoms with Crippen LogP contribution in [0, 0.1) is 5.92 Å². The number of hydrogen-bond acceptors (Lipinski definition) is 4. The van der Waals surface area contributed by atoms with Crippen molar-refractivity contribution in [1.82, 2.24) is 4.98 Å². The van der Waals surface area contributed by atoms with Gasteiger partial charge in [-0.1, -0.05) is 18.5 Å². The molecule has 1 rings (SSSR count). The number of anilines is 1. The average Bonchev–Trinajstić information content (AvgIpc) is 2.25. The summed E-state index contributed by atoms with van der Waals surface area (Å²) in [5.74, 6) is -0.828. The summed E-state index contributed by atoms with van der Waals surface area (Å²) in [5, 5.41) is 20.8. The molecule has 0 aliphatic carbocycles. The molecule has 0 fully saturated rings. The highest BCUT2D eigenvalue weighted by Crippen LogP contribution is 2.16. The van der Waals surface area contributed by atoms with Gasteiger partial charge in [-0.25, -0.2) is 9.78 Å². The Morgan fingerprint density at radius 1 is 1.62 bits per heavy atom. The Balaban J connectivity index is 2.84. The third-order valence-corrected chi connectivity index (χ3v) is 2.23. The fourth-order valence-electron chi connectivity index (χ4n) is 1.08. The van der Waals surface area contributed by atoms with Crippen LogP contribution >= 0.6 is 11.6 Å². The lowest BCUT2D eigenvalue weighted by molar-refractivity contribution is 0.0697. The number of nitrogens with zero attached hydrogens (tertiary/aromatic N) is 1. The number of carboxylic acids is 1. The molecule has 3 N–H and O–H groups in total. The number of halogens is 1. The highest BCUT2D eigenvalue weighted by Gasteiger charge is 2.12. The minimum atomic E-state index is -1.07. The third kappa shape index (κ3) is 3.36. The molecule has 1 unspecified atom stereocenters. The summed E-state index contributed by atoms with van der Waals surface area (Å²) in [6.07, 6.45) is 0. The van der Waals surface area contributed by atoms with Gasteiger partial charge in [-0.3, -0.25) is 0 Å². The molecular formula is C10H13ClN2O3. The maximum absolute atomic E-state index is 10.9. The molecular weight excluding hydrogens is 232 g/mol. The van der Waals surface area contributed by atoms with Gasteiger partial charge in [0, 0.05) is 13.2 Å². The molecule has 1 aromatic heterocycles. The molecule has 0 aliphatic rings. The molecule has 0 radical (unpaired) electrons. The van der Waals surface area contributed by atoms with Crippen LogP contribution in [0.15, 0.2) is 12.1 Å². The van der Waals surface area contributed by atoms with Crippen molar-refractivity contribution in [2.75, 3.05) is 18.5 Å². The Morgan fingerprint density at radius 3 is 2.88 bits per heavy atom. The number of carboxylic acid groups (broad SMARTS) is 1. The number of carbonyl (C=O) groups is 1. The molecule has 6 heteroatoms. The van der Waals surface area contributed by atoms with E-state index in [0.29, 0.717) is 6.54 Å². The van der Waals surface area contributed by atoms with Crippen LogP contribution in [0.5, 0.6) is 0 Å². The molecule has 0 saturated heterocycles. The van der Waals surface area contributed by atoms with Gasteiger partial charge in [0.25, 0.3) is 0 Å². The molecule has 88 valence electrons. The van der Waals surface area contributed by atoms with Gasteiger partial charge in [0.05, 0.1) is 0 Å². The Hall–Kier alpha value is -1.33. The van der Waals surface area contributed by atoms with Crippen LogP contribution in [-0.4, -0.2) is 34.3 Å². The monoisotopic (exact) mass is 244 g/mol. The van der Waals surface area contributed by atoms with Crippen molar-refractivity contribution in [2.45, 2.75) is 6.92 Å². The number of nitrogens with one attached hydrogen (secondary N) is 1. The highest BCUT2D eigenvalue weighted by molar-refractivity contribution is 6.29. The van der Waals surface area contributed by atoms with Crippen LogP contribution in [0.4, 0.5) is 5.82 Å². The van der Waals surface area contributed by atoms with E-state index in [9.17, 15) is 4.79 Å². The van der Waals surface area contributed by atoms with Crippen molar-refractivity contribution >= 4 is 23.4 Å². The Labute approximate surface area is 98.1 Å². The second-order valence-corrected chi connectivity index (χ2v) is 3.89. The number of pyridine rings is 1. The SMILES string of the molecule is CC(CO)CNc1nc(Cl)ccc1C(=O)O. The summed E-state index contributed by atoms with van der Waals surface area (Å²) in [5.41, 5.74) is 0.0644. The number of aromatic nitrogens is 1. The van der Waals surface area contributed by atoms with Crippen LogP contribution in [0.3, 0.4) is 0 Å². The molecule has 0 aromatic carbocycles. The topological polar surface area (TPSA) is 82.5 Å². The van der Waals surface area contributed by atoms with Crippen molar-refractivity contribution in [2.24, 2.45) is 5.92 Å². The van der Waals surface area contributed by atoms with Crippen LogP contribution in [-0.2, 0) is 0 Å². The van der Waals surface area contributed by atoms with E-state index in [2.05, 4.69) is 10.3 Å². The maximum Gasteiger partial charge on any atom is 0.339 e. The van der Waals surface area contributed by atoms with E-state index >= 15 is 0 Å². The van der Waals surface area contributed by atoms with Gasteiger partial charge < -0.3 is 15.5 Å². The van der Waals surface area contributed by atoms with Crippen molar-refractivity contribution in [3.05, 3.63) is 22.8 Å². The van der Waals surface area contributed by atoms with Gasteiger partial charge in [-0.05, 0) is 18.1 Å². The molecule has 0 bridgehead atoms. The van der Waals surface area contributed by atoms with Crippen LogP contribution < -0.4 is 5.32 Å². The van der Waals surface area contributed by atoms with E-state index in [4.69, 9.17) is 21.8 Å². The fourth-order valence-corrected chi connectivity index (χ4v) is 1.23. The van der Waals surface area contributed by atoms with Crippen LogP contribution in [0.25, 0.3) is 0 Å². The first-order valence-corrected chi connectivity index (χ1v) is 5.17. The quantitative estimate of drug-likeness (QED) is 0.684. The van der Waals surface area contributed by atoms with Gasteiger partial charge in [0.15, 0.2) is 0 Å². The van der Waals surface area contributed by atoms with E-state index < -0.39 is 5.97 Å². The fraction of sp³-hybridized carbons (Fsp3) is 0.400. The smallest absolute Gasteiger partial charge is 0.339 e. The third-order valence-electron chi connectivity index (χ3n) is 2.02. The summed E-state index contributed by atoms with van der Waals surface area (Å²) < 4.78 is 0. The van der Waals surface area contributed by atoms with Crippen molar-refractivity contribution in [3.63, 3.8) is 0 Å². The predicted octanol–water partition coefficient (Wildman–Crippen LogP) is 1.47. The molecule has 0 amide bonds. The molecule has 1 heterocycles. The second kappa shape index (κ2) is 5.67. The van der Waals surface area contributed by atoms with Crippen LogP contribution in [0.1, 0.15) is 17.3 Å². The van der Waals surface area contributed by atoms with Crippen molar-refractivity contribution in [3.8, 4) is 0 Å². The van der Waals surface area contributed by atoms with E-state index in [1.165, 1.54) is 12.1 Å². The summed E-state index contributed by atoms with van der Waals surface area (Å²) in [6.45, 7) is 2.29. The first kappa shape index (κ1) is 12.7. The lowest BCUT2D eigenvalue weighted by atomic mass is 10.2. The maximum atomic E-state index is 10.9. The zero-order valence-corrected chi connectivity index (χ0v) is 9.53. The van der Waals surface area contributed by atoms with E-state index in [1.807, 2.05) is 6.92 Å². The van der Waals surface area contributed by atoms with Gasteiger partial charge in [-0.15, -0.1) is 0 Å². The number of aromatic carboxylic acids is 1. The van der Waals surface area contributed by atoms with Gasteiger partial charge >= 0.3 is 5.97 Å². The standard InChI is InChI=1S/C10H13ClN2O3/c1-6(5-14)4-12-9-7(10(15)16)2-3-8(11)13-9/h2-3,6,14H,4-5H2,1H3,(H,12,13)(H,15,16). The number of rotatable bonds is 5. The minimum Gasteiger partial charge on any atom is -0.478 e. The number of hydrogen-bond donors (Lipinski definition) is 3. The molecule has 0 aliphatic heterocycles. The lowest BCUT2D eigenvalue weighted by Crippen LogP contribution is -2.17. The van der Waals surface area contributed by atoms with Gasteiger partial charge in [0.1, 0.15) is 16.5 Å². The Morgan fingerprint density at radius 2 is 2.31 bits per heavy atom. The first-order chi connectivity index (χ1) is 7.54. The normalized spacial score (nSPS) is 12.2. The van der Waals surface area contributed by atoms with Gasteiger partial charge in [0.2, 0.25) is 0 Å². The van der Waals surface area contributed by atoms with Crippen molar-refractivity contribution in [1.29, 1.82) is 0 Å². The highest BCUT2D eigenvalue weighted by atomic mass is 35.5. The number of aliphatic hydroxyl groups excluding tert-OH is 1. The van der Waals surface area contributed by atoms with Crippen LogP contribution in [0.2, 0.25) is 5.15 Å². The Bertz CT molecular complexity index is 384. The minimum absolute atomic E-state index is 0.0161. The lowest BCUT2D eigenvalue weighted by Gasteiger charge is -2.12.